The lowest BCUT2D eigenvalue weighted by molar-refractivity contribution is 0.0599. The quantitative estimate of drug-likeness (QED) is 0.775. The van der Waals surface area contributed by atoms with E-state index in [4.69, 9.17) is 14.2 Å². The predicted molar refractivity (Wildman–Crippen MR) is 76.1 cm³/mol. The van der Waals surface area contributed by atoms with Gasteiger partial charge in [-0.3, -0.25) is 0 Å². The molecule has 118 valence electrons. The van der Waals surface area contributed by atoms with E-state index in [1.54, 1.807) is 0 Å². The van der Waals surface area contributed by atoms with E-state index >= 15 is 0 Å². The van der Waals surface area contributed by atoms with Crippen LogP contribution in [0.2, 0.25) is 0 Å². The molecule has 0 fully saturated rings. The summed E-state index contributed by atoms with van der Waals surface area (Å²) in [4.78, 5) is 35.7. The van der Waals surface area contributed by atoms with Gasteiger partial charge in [-0.15, -0.1) is 0 Å². The molecule has 0 spiro atoms. The molecule has 0 aliphatic rings. The van der Waals surface area contributed by atoms with Crippen LogP contribution in [0.3, 0.4) is 0 Å². The fraction of sp³-hybridized carbons (Fsp3) is 0.308. The van der Waals surface area contributed by atoms with Crippen molar-refractivity contribution in [3.8, 4) is 17.2 Å². The maximum absolute atomic E-state index is 12.1. The molecule has 0 radical (unpaired) electrons. The summed E-state index contributed by atoms with van der Waals surface area (Å²) in [5.41, 5.74) is -1.20. The van der Waals surface area contributed by atoms with Crippen molar-refractivity contribution in [2.24, 2.45) is 7.05 Å². The van der Waals surface area contributed by atoms with Crippen LogP contribution in [0.15, 0.2) is 21.7 Å². The van der Waals surface area contributed by atoms with Crippen LogP contribution in [0.5, 0.6) is 11.5 Å². The fourth-order valence-electron chi connectivity index (χ4n) is 1.96. The lowest BCUT2D eigenvalue weighted by Crippen LogP contribution is -2.26. The smallest absolute Gasteiger partial charge is 0.351 e. The van der Waals surface area contributed by atoms with Crippen LogP contribution in [0.1, 0.15) is 10.4 Å². The van der Waals surface area contributed by atoms with Crippen molar-refractivity contribution in [1.29, 1.82) is 0 Å². The third-order valence-electron chi connectivity index (χ3n) is 3.12. The van der Waals surface area contributed by atoms with E-state index < -0.39 is 17.3 Å². The number of benzene rings is 1. The molecule has 9 heteroatoms. The largest absolute Gasteiger partial charge is 0.497 e. The maximum atomic E-state index is 12.1. The number of rotatable bonds is 4. The van der Waals surface area contributed by atoms with Gasteiger partial charge in [0.1, 0.15) is 17.2 Å². The van der Waals surface area contributed by atoms with Crippen molar-refractivity contribution in [3.63, 3.8) is 0 Å². The van der Waals surface area contributed by atoms with Crippen molar-refractivity contribution >= 4 is 5.97 Å². The summed E-state index contributed by atoms with van der Waals surface area (Å²) >= 11 is 0. The van der Waals surface area contributed by atoms with Gasteiger partial charge < -0.3 is 14.2 Å². The molecule has 0 bridgehead atoms. The van der Waals surface area contributed by atoms with Gasteiger partial charge in [-0.1, -0.05) is 0 Å². The summed E-state index contributed by atoms with van der Waals surface area (Å²) in [6, 6.07) is 2.88. The summed E-state index contributed by atoms with van der Waals surface area (Å²) < 4.78 is 16.8. The van der Waals surface area contributed by atoms with Crippen LogP contribution in [0.4, 0.5) is 0 Å². The number of hydrogen-bond acceptors (Lipinski definition) is 6. The van der Waals surface area contributed by atoms with Crippen LogP contribution in [0.25, 0.3) is 5.69 Å². The predicted octanol–water partition coefficient (Wildman–Crippen LogP) is -0.332. The Bertz CT molecular complexity index is 829. The topological polar surface area (TPSA) is 105 Å². The highest BCUT2D eigenvalue weighted by Crippen LogP contribution is 2.31. The van der Waals surface area contributed by atoms with Crippen LogP contribution in [-0.4, -0.2) is 41.6 Å². The molecule has 0 saturated heterocycles. The highest BCUT2D eigenvalue weighted by Gasteiger charge is 2.23. The summed E-state index contributed by atoms with van der Waals surface area (Å²) in [7, 11) is 5.30. The Balaban J connectivity index is 2.88. The van der Waals surface area contributed by atoms with E-state index in [9.17, 15) is 14.4 Å². The molecule has 0 unspecified atom stereocenters. The zero-order valence-electron chi connectivity index (χ0n) is 12.5. The Morgan fingerprint density at radius 1 is 1.14 bits per heavy atom. The first-order valence-corrected chi connectivity index (χ1v) is 6.17. The van der Waals surface area contributed by atoms with E-state index in [1.165, 1.54) is 40.5 Å². The average Bonchev–Trinajstić information content (AvgIpc) is 2.79. The lowest BCUT2D eigenvalue weighted by Gasteiger charge is -2.14. The third kappa shape index (κ3) is 2.36. The van der Waals surface area contributed by atoms with E-state index in [-0.39, 0.29) is 17.0 Å². The third-order valence-corrected chi connectivity index (χ3v) is 3.12. The summed E-state index contributed by atoms with van der Waals surface area (Å²) in [5.74, 6) is -0.195. The molecule has 0 aliphatic heterocycles. The molecule has 1 aromatic heterocycles. The Hall–Kier alpha value is -2.97. The normalized spacial score (nSPS) is 10.4. The summed E-state index contributed by atoms with van der Waals surface area (Å²) in [5, 5.41) is 2.34. The molecular formula is C13H15N3O6. The van der Waals surface area contributed by atoms with Gasteiger partial charge >= 0.3 is 17.3 Å². The number of aromatic amines is 1. The van der Waals surface area contributed by atoms with Crippen molar-refractivity contribution in [2.45, 2.75) is 0 Å². The van der Waals surface area contributed by atoms with Crippen molar-refractivity contribution in [1.82, 2.24) is 14.3 Å². The number of methoxy groups -OCH3 is 3. The minimum absolute atomic E-state index is 0.0163. The Morgan fingerprint density at radius 3 is 2.27 bits per heavy atom. The van der Waals surface area contributed by atoms with E-state index in [2.05, 4.69) is 5.10 Å². The number of carbonyl (C=O) groups excluding carboxylic acids is 1. The van der Waals surface area contributed by atoms with Gasteiger partial charge in [0.25, 0.3) is 0 Å². The minimum Gasteiger partial charge on any atom is -0.497 e. The van der Waals surface area contributed by atoms with Crippen molar-refractivity contribution in [2.75, 3.05) is 21.3 Å². The van der Waals surface area contributed by atoms with Crippen molar-refractivity contribution in [3.05, 3.63) is 38.7 Å². The summed E-state index contributed by atoms with van der Waals surface area (Å²) in [6.45, 7) is 0. The molecule has 1 heterocycles. The number of nitrogens with one attached hydrogen (secondary N) is 1. The minimum atomic E-state index is -0.705. The number of aromatic nitrogens is 3. The van der Waals surface area contributed by atoms with Crippen LogP contribution >= 0.6 is 0 Å². The van der Waals surface area contributed by atoms with E-state index in [0.717, 1.165) is 9.25 Å². The highest BCUT2D eigenvalue weighted by atomic mass is 16.5. The highest BCUT2D eigenvalue weighted by molar-refractivity contribution is 5.95. The number of nitrogens with zero attached hydrogens (tertiary/aromatic N) is 2. The summed E-state index contributed by atoms with van der Waals surface area (Å²) in [6.07, 6.45) is 0. The number of carbonyl (C=O) groups is 1. The first kappa shape index (κ1) is 15.4. The zero-order valence-corrected chi connectivity index (χ0v) is 12.5. The fourth-order valence-corrected chi connectivity index (χ4v) is 1.96. The number of hydrogen-bond donors (Lipinski definition) is 1. The average molecular weight is 309 g/mol. The molecule has 2 rings (SSSR count). The Kier molecular flexibility index (Phi) is 4.06. The molecule has 1 N–H and O–H groups in total. The standard InChI is InChI=1S/C13H15N3O6/c1-15-12(18)14-16(13(15)19)10-8(11(17)22-4)5-7(20-2)6-9(10)21-3/h5-6H,1-4H3,(H,14,18). The van der Waals surface area contributed by atoms with Gasteiger partial charge in [-0.25, -0.2) is 24.0 Å². The zero-order chi connectivity index (χ0) is 16.4. The molecule has 1 aromatic carbocycles. The van der Waals surface area contributed by atoms with Crippen LogP contribution in [-0.2, 0) is 11.8 Å². The Labute approximate surface area is 124 Å². The second-order valence-corrected chi connectivity index (χ2v) is 4.31. The maximum Gasteiger partial charge on any atom is 0.351 e. The number of H-pyrrole nitrogens is 1. The molecule has 0 aliphatic carbocycles. The second-order valence-electron chi connectivity index (χ2n) is 4.31. The van der Waals surface area contributed by atoms with Gasteiger partial charge in [0.05, 0.1) is 26.9 Å². The second kappa shape index (κ2) is 5.80. The number of esters is 1. The number of ether oxygens (including phenoxy) is 3. The first-order valence-electron chi connectivity index (χ1n) is 6.17. The lowest BCUT2D eigenvalue weighted by atomic mass is 10.1. The van der Waals surface area contributed by atoms with Crippen molar-refractivity contribution < 1.29 is 19.0 Å². The SMILES string of the molecule is COC(=O)c1cc(OC)cc(OC)c1-n1[nH]c(=O)n(C)c1=O. The molecule has 9 nitrogen and oxygen atoms in total. The Morgan fingerprint density at radius 2 is 1.82 bits per heavy atom. The van der Waals surface area contributed by atoms with Gasteiger partial charge in [0, 0.05) is 13.1 Å². The van der Waals surface area contributed by atoms with Gasteiger partial charge in [0.2, 0.25) is 0 Å². The van der Waals surface area contributed by atoms with Gasteiger partial charge in [-0.05, 0) is 6.07 Å². The molecular weight excluding hydrogens is 294 g/mol. The molecule has 2 aromatic rings. The van der Waals surface area contributed by atoms with Crippen LogP contribution in [0, 0.1) is 0 Å². The molecule has 0 amide bonds. The van der Waals surface area contributed by atoms with Gasteiger partial charge in [-0.2, -0.15) is 4.68 Å². The monoisotopic (exact) mass is 309 g/mol. The van der Waals surface area contributed by atoms with E-state index in [1.807, 2.05) is 0 Å². The van der Waals surface area contributed by atoms with Crippen LogP contribution < -0.4 is 20.9 Å². The van der Waals surface area contributed by atoms with E-state index in [0.29, 0.717) is 5.75 Å². The molecule has 0 saturated carbocycles. The van der Waals surface area contributed by atoms with Gasteiger partial charge in [0.15, 0.2) is 0 Å². The first-order chi connectivity index (χ1) is 10.4. The molecule has 0 atom stereocenters. The molecule has 22 heavy (non-hydrogen) atoms.